The third kappa shape index (κ3) is 8.17. The smallest absolute Gasteiger partial charge is 0.186 e. The van der Waals surface area contributed by atoms with E-state index in [9.17, 15) is 19.5 Å². The first-order valence-corrected chi connectivity index (χ1v) is 11.8. The topological polar surface area (TPSA) is 84.0 Å². The van der Waals surface area contributed by atoms with Crippen molar-refractivity contribution < 1.29 is 24.2 Å². The van der Waals surface area contributed by atoms with Crippen LogP contribution in [0.25, 0.3) is 0 Å². The number of rotatable bonds is 8. The number of epoxide rings is 1. The van der Waals surface area contributed by atoms with Gasteiger partial charge in [0.2, 0.25) is 0 Å². The molecule has 5 nitrogen and oxygen atoms in total. The number of hydrogen-bond donors (Lipinski definition) is 1. The molecule has 0 radical (unpaired) electrons. The molecule has 1 N–H and O–H groups in total. The molecule has 2 saturated heterocycles. The van der Waals surface area contributed by atoms with Gasteiger partial charge in [-0.25, -0.2) is 0 Å². The van der Waals surface area contributed by atoms with Crippen molar-refractivity contribution in [2.75, 3.05) is 5.75 Å². The Morgan fingerprint density at radius 1 is 1.36 bits per heavy atom. The van der Waals surface area contributed by atoms with Crippen LogP contribution in [0.4, 0.5) is 0 Å². The first-order valence-electron chi connectivity index (χ1n) is 9.91. The van der Waals surface area contributed by atoms with Gasteiger partial charge in [-0.3, -0.25) is 9.59 Å². The van der Waals surface area contributed by atoms with Gasteiger partial charge in [0.1, 0.15) is 11.9 Å². The number of hydrogen-bond acceptors (Lipinski definition) is 7. The van der Waals surface area contributed by atoms with Crippen LogP contribution in [0.1, 0.15) is 74.1 Å². The highest BCUT2D eigenvalue weighted by molar-refractivity contribution is 8.14. The fourth-order valence-electron chi connectivity index (χ4n) is 3.12. The Bertz CT molecular complexity index is 564. The Morgan fingerprint density at radius 3 is 2.25 bits per heavy atom. The van der Waals surface area contributed by atoms with Crippen molar-refractivity contribution in [2.45, 2.75) is 101 Å². The molecule has 28 heavy (non-hydrogen) atoms. The third-order valence-electron chi connectivity index (χ3n) is 5.46. The predicted molar refractivity (Wildman–Crippen MR) is 117 cm³/mol. The highest BCUT2D eigenvalue weighted by atomic mass is 32.2. The van der Waals surface area contributed by atoms with Crippen LogP contribution < -0.4 is 0 Å². The van der Waals surface area contributed by atoms with E-state index in [2.05, 4.69) is 0 Å². The maximum atomic E-state index is 12.2. The number of ketones is 1. The average Bonchev–Trinajstić information content (AvgIpc) is 2.96. The molecule has 162 valence electrons. The molecule has 2 aliphatic rings. The van der Waals surface area contributed by atoms with E-state index in [4.69, 9.17) is 4.74 Å². The summed E-state index contributed by atoms with van der Waals surface area (Å²) in [4.78, 5) is 33.8. The molecular formula is C21H36O5S2. The minimum atomic E-state index is -1.37. The molecule has 4 atom stereocenters. The van der Waals surface area contributed by atoms with Gasteiger partial charge in [0.25, 0.3) is 0 Å². The van der Waals surface area contributed by atoms with E-state index in [-0.39, 0.29) is 34.9 Å². The fraction of sp³-hybridized carbons (Fsp3) is 0.857. The fourth-order valence-corrected chi connectivity index (χ4v) is 5.32. The number of thioether (sulfide) groups is 2. The van der Waals surface area contributed by atoms with Gasteiger partial charge in [0.05, 0.1) is 17.0 Å². The molecule has 7 heteroatoms. The molecule has 4 unspecified atom stereocenters. The largest absolute Gasteiger partial charge is 0.383 e. The second-order valence-corrected chi connectivity index (χ2v) is 12.2. The summed E-state index contributed by atoms with van der Waals surface area (Å²) in [6, 6.07) is 0. The van der Waals surface area contributed by atoms with E-state index >= 15 is 0 Å². The summed E-state index contributed by atoms with van der Waals surface area (Å²) in [5.74, 6) is 1.08. The number of aliphatic hydroxyl groups is 1. The monoisotopic (exact) mass is 432 g/mol. The van der Waals surface area contributed by atoms with Crippen molar-refractivity contribution in [1.29, 1.82) is 0 Å². The summed E-state index contributed by atoms with van der Waals surface area (Å²) in [7, 11) is 0. The molecule has 0 amide bonds. The summed E-state index contributed by atoms with van der Waals surface area (Å²) < 4.78 is 5.10. The van der Waals surface area contributed by atoms with Crippen LogP contribution in [0.2, 0.25) is 0 Å². The summed E-state index contributed by atoms with van der Waals surface area (Å²) in [5.41, 5.74) is -1.47. The molecule has 0 aromatic rings. The minimum absolute atomic E-state index is 0.0103. The number of Topliss-reactive ketones (excluding diaryl/α,β-unsaturated/α-hetero) is 1. The summed E-state index contributed by atoms with van der Waals surface area (Å²) in [6.45, 7) is 12.6. The Morgan fingerprint density at radius 2 is 1.93 bits per heavy atom. The Labute approximate surface area is 178 Å². The zero-order valence-electron chi connectivity index (χ0n) is 18.2. The first kappa shape index (κ1) is 25.7. The lowest BCUT2D eigenvalue weighted by molar-refractivity contribution is -0.134. The standard InChI is InChI=1S/C16H28O4S.C5H8OS/c1-10(8-13-15(5,6)20-13)16(7,21-11(2)17)9-12(18)14(3,4)19;6-4-5-2-1-3-7-5/h10,13,19H,8-9H2,1-7H3;4-5H,1-3H2. The van der Waals surface area contributed by atoms with E-state index in [1.807, 2.05) is 27.7 Å². The number of carbonyl (C=O) groups is 3. The van der Waals surface area contributed by atoms with E-state index in [0.717, 1.165) is 19.1 Å². The second kappa shape index (κ2) is 10.1. The van der Waals surface area contributed by atoms with Gasteiger partial charge in [-0.15, -0.1) is 0 Å². The first-order chi connectivity index (χ1) is 12.7. The molecule has 0 aromatic heterocycles. The SMILES string of the molecule is CC(=O)SC(C)(CC(=O)C(C)(C)O)C(C)CC1OC1(C)C.O=CC1CCCS1. The summed E-state index contributed by atoms with van der Waals surface area (Å²) in [5, 5.41) is 10.2. The van der Waals surface area contributed by atoms with Crippen molar-refractivity contribution in [3.63, 3.8) is 0 Å². The van der Waals surface area contributed by atoms with Gasteiger partial charge in [0, 0.05) is 18.1 Å². The molecule has 2 rings (SSSR count). The summed E-state index contributed by atoms with van der Waals surface area (Å²) in [6.07, 6.45) is 4.55. The van der Waals surface area contributed by atoms with Crippen LogP contribution >= 0.6 is 23.5 Å². The molecule has 0 bridgehead atoms. The highest BCUT2D eigenvalue weighted by Crippen LogP contribution is 2.46. The predicted octanol–water partition coefficient (Wildman–Crippen LogP) is 4.04. The van der Waals surface area contributed by atoms with Crippen molar-refractivity contribution in [1.82, 2.24) is 0 Å². The van der Waals surface area contributed by atoms with Crippen molar-refractivity contribution in [3.8, 4) is 0 Å². The molecular weight excluding hydrogens is 396 g/mol. The van der Waals surface area contributed by atoms with Gasteiger partial charge in [-0.1, -0.05) is 18.7 Å². The molecule has 0 spiro atoms. The maximum absolute atomic E-state index is 12.2. The normalized spacial score (nSPS) is 26.4. The van der Waals surface area contributed by atoms with Gasteiger partial charge in [0.15, 0.2) is 10.9 Å². The second-order valence-electron chi connectivity index (χ2n) is 9.10. The Kier molecular flexibility index (Phi) is 9.25. The Hall–Kier alpha value is -0.370. The van der Waals surface area contributed by atoms with Crippen molar-refractivity contribution in [3.05, 3.63) is 0 Å². The number of aldehydes is 1. The molecule has 2 fully saturated rings. The van der Waals surface area contributed by atoms with Gasteiger partial charge < -0.3 is 14.6 Å². The van der Waals surface area contributed by atoms with E-state index in [1.54, 1.807) is 11.8 Å². The minimum Gasteiger partial charge on any atom is -0.383 e. The third-order valence-corrected chi connectivity index (χ3v) is 8.06. The van der Waals surface area contributed by atoms with Crippen LogP contribution in [0.15, 0.2) is 0 Å². The maximum Gasteiger partial charge on any atom is 0.186 e. The summed E-state index contributed by atoms with van der Waals surface area (Å²) >= 11 is 2.97. The average molecular weight is 433 g/mol. The van der Waals surface area contributed by atoms with Gasteiger partial charge in [-0.05, 0) is 65.6 Å². The lowest BCUT2D eigenvalue weighted by atomic mass is 9.82. The van der Waals surface area contributed by atoms with Crippen LogP contribution in [0.5, 0.6) is 0 Å². The highest BCUT2D eigenvalue weighted by Gasteiger charge is 2.50. The van der Waals surface area contributed by atoms with Crippen LogP contribution in [-0.2, 0) is 19.1 Å². The van der Waals surface area contributed by atoms with E-state index < -0.39 is 10.3 Å². The molecule has 0 saturated carbocycles. The lowest BCUT2D eigenvalue weighted by Gasteiger charge is -2.35. The zero-order valence-corrected chi connectivity index (χ0v) is 19.9. The molecule has 0 aliphatic carbocycles. The number of ether oxygens (including phenoxy) is 1. The van der Waals surface area contributed by atoms with Crippen LogP contribution in [0.3, 0.4) is 0 Å². The molecule has 2 heterocycles. The quantitative estimate of drug-likeness (QED) is 0.458. The zero-order chi connectivity index (χ0) is 21.8. The van der Waals surface area contributed by atoms with Crippen molar-refractivity contribution in [2.24, 2.45) is 5.92 Å². The molecule has 2 aliphatic heterocycles. The number of carbonyl (C=O) groups excluding carboxylic acids is 3. The van der Waals surface area contributed by atoms with Gasteiger partial charge >= 0.3 is 0 Å². The van der Waals surface area contributed by atoms with Crippen LogP contribution in [-0.4, -0.2) is 55.3 Å². The molecule has 0 aromatic carbocycles. The van der Waals surface area contributed by atoms with E-state index in [1.165, 1.54) is 44.7 Å². The van der Waals surface area contributed by atoms with E-state index in [0.29, 0.717) is 5.25 Å². The Balaban J connectivity index is 0.000000467. The lowest BCUT2D eigenvalue weighted by Crippen LogP contribution is -2.41. The van der Waals surface area contributed by atoms with Gasteiger partial charge in [-0.2, -0.15) is 11.8 Å². The van der Waals surface area contributed by atoms with Crippen LogP contribution in [0, 0.1) is 5.92 Å². The van der Waals surface area contributed by atoms with Crippen molar-refractivity contribution >= 4 is 40.7 Å².